The predicted octanol–water partition coefficient (Wildman–Crippen LogP) is 3.95. The minimum Gasteiger partial charge on any atom is -0.486 e. The summed E-state index contributed by atoms with van der Waals surface area (Å²) in [5, 5.41) is 14.8. The number of benzene rings is 1. The van der Waals surface area contributed by atoms with Crippen LogP contribution in [0.4, 0.5) is 0 Å². The van der Waals surface area contributed by atoms with E-state index in [1.165, 1.54) is 5.56 Å². The Morgan fingerprint density at radius 2 is 1.80 bits per heavy atom. The van der Waals surface area contributed by atoms with Crippen molar-refractivity contribution in [3.8, 4) is 5.75 Å². The van der Waals surface area contributed by atoms with Gasteiger partial charge in [-0.3, -0.25) is 0 Å². The Kier molecular flexibility index (Phi) is 5.24. The summed E-state index contributed by atoms with van der Waals surface area (Å²) in [7, 11) is 0. The van der Waals surface area contributed by atoms with E-state index < -0.39 is 0 Å². The van der Waals surface area contributed by atoms with Crippen molar-refractivity contribution < 1.29 is 9.84 Å². The Labute approximate surface area is 176 Å². The minimum absolute atomic E-state index is 0.115. The van der Waals surface area contributed by atoms with Crippen LogP contribution in [0.2, 0.25) is 0 Å². The lowest BCUT2D eigenvalue weighted by Gasteiger charge is -2.19. The van der Waals surface area contributed by atoms with Crippen molar-refractivity contribution in [1.82, 2.24) is 24.1 Å². The molecule has 4 aromatic rings. The van der Waals surface area contributed by atoms with Crippen molar-refractivity contribution in [3.63, 3.8) is 0 Å². The molecule has 0 spiro atoms. The minimum atomic E-state index is 0.115. The predicted molar refractivity (Wildman–Crippen MR) is 117 cm³/mol. The lowest BCUT2D eigenvalue weighted by molar-refractivity contribution is 0.280. The molecule has 158 valence electrons. The maximum Gasteiger partial charge on any atom is 0.189 e. The monoisotopic (exact) mass is 407 g/mol. The summed E-state index contributed by atoms with van der Waals surface area (Å²) in [5.74, 6) is 1.41. The smallest absolute Gasteiger partial charge is 0.189 e. The molecule has 1 N–H and O–H groups in total. The molecular weight excluding hydrogens is 378 g/mol. The van der Waals surface area contributed by atoms with Crippen LogP contribution in [0.1, 0.15) is 49.8 Å². The van der Waals surface area contributed by atoms with E-state index in [0.29, 0.717) is 18.9 Å². The lowest BCUT2D eigenvalue weighted by Crippen LogP contribution is -2.10. The molecule has 30 heavy (non-hydrogen) atoms. The topological polar surface area (TPSA) is 77.5 Å². The average molecular weight is 408 g/mol. The van der Waals surface area contributed by atoms with Crippen LogP contribution in [0, 0.1) is 13.8 Å². The highest BCUT2D eigenvalue weighted by atomic mass is 16.5. The van der Waals surface area contributed by atoms with E-state index in [1.54, 1.807) is 10.8 Å². The highest BCUT2D eigenvalue weighted by molar-refractivity contribution is 5.93. The van der Waals surface area contributed by atoms with Gasteiger partial charge in [-0.15, -0.1) is 5.10 Å². The van der Waals surface area contributed by atoms with E-state index in [1.807, 2.05) is 12.1 Å². The van der Waals surface area contributed by atoms with Crippen molar-refractivity contribution >= 4 is 16.7 Å². The highest BCUT2D eigenvalue weighted by Gasteiger charge is 2.18. The summed E-state index contributed by atoms with van der Waals surface area (Å²) in [4.78, 5) is 9.34. The quantitative estimate of drug-likeness (QED) is 0.524. The third-order valence-electron chi connectivity index (χ3n) is 5.62. The molecule has 7 nitrogen and oxygen atoms in total. The first-order chi connectivity index (χ1) is 14.3. The first-order valence-electron chi connectivity index (χ1n) is 10.3. The molecule has 0 saturated heterocycles. The van der Waals surface area contributed by atoms with Gasteiger partial charge in [-0.05, 0) is 48.9 Å². The van der Waals surface area contributed by atoms with Crippen molar-refractivity contribution in [2.75, 3.05) is 6.61 Å². The maximum atomic E-state index is 9.21. The van der Waals surface area contributed by atoms with E-state index in [9.17, 15) is 5.11 Å². The van der Waals surface area contributed by atoms with Gasteiger partial charge < -0.3 is 14.4 Å². The van der Waals surface area contributed by atoms with Crippen LogP contribution >= 0.6 is 0 Å². The third kappa shape index (κ3) is 3.65. The largest absolute Gasteiger partial charge is 0.486 e. The zero-order valence-corrected chi connectivity index (χ0v) is 18.3. The first-order valence-corrected chi connectivity index (χ1v) is 10.3. The molecule has 0 radical (unpaired) electrons. The van der Waals surface area contributed by atoms with Crippen LogP contribution in [-0.4, -0.2) is 35.9 Å². The second-order valence-electron chi connectivity index (χ2n) is 8.74. The van der Waals surface area contributed by atoms with Gasteiger partial charge in [0, 0.05) is 18.8 Å². The van der Waals surface area contributed by atoms with Crippen molar-refractivity contribution in [2.45, 2.75) is 59.6 Å². The van der Waals surface area contributed by atoms with Crippen molar-refractivity contribution in [1.29, 1.82) is 0 Å². The number of rotatable bonds is 6. The Hall–Kier alpha value is -2.93. The molecule has 4 rings (SSSR count). The zero-order valence-electron chi connectivity index (χ0n) is 18.3. The molecule has 0 aliphatic heterocycles. The van der Waals surface area contributed by atoms with Gasteiger partial charge in [0.05, 0.1) is 5.39 Å². The van der Waals surface area contributed by atoms with Crippen LogP contribution < -0.4 is 4.74 Å². The molecule has 0 fully saturated rings. The molecule has 3 aromatic heterocycles. The fourth-order valence-corrected chi connectivity index (χ4v) is 3.74. The Morgan fingerprint density at radius 3 is 2.47 bits per heavy atom. The van der Waals surface area contributed by atoms with Gasteiger partial charge >= 0.3 is 0 Å². The Bertz CT molecular complexity index is 1180. The maximum absolute atomic E-state index is 9.21. The number of aliphatic hydroxyl groups excluding tert-OH is 1. The average Bonchev–Trinajstić information content (AvgIpc) is 3.23. The van der Waals surface area contributed by atoms with Crippen LogP contribution in [0.25, 0.3) is 16.7 Å². The number of aryl methyl sites for hydroxylation is 2. The number of ether oxygens (including phenoxy) is 1. The van der Waals surface area contributed by atoms with E-state index >= 15 is 0 Å². The lowest BCUT2D eigenvalue weighted by atomic mass is 9.87. The number of aliphatic hydroxyl groups is 1. The molecular formula is C23H29N5O2. The Balaban J connectivity index is 1.61. The fourth-order valence-electron chi connectivity index (χ4n) is 3.74. The molecule has 1 aromatic carbocycles. The molecule has 0 saturated carbocycles. The molecule has 7 heteroatoms. The first kappa shape index (κ1) is 20.3. The molecule has 0 aliphatic rings. The number of fused-ring (bicyclic) bond motifs is 3. The molecule has 0 unspecified atom stereocenters. The third-order valence-corrected chi connectivity index (χ3v) is 5.62. The second kappa shape index (κ2) is 7.72. The number of hydrogen-bond acceptors (Lipinski definition) is 5. The molecule has 0 aliphatic carbocycles. The van der Waals surface area contributed by atoms with Crippen LogP contribution in [-0.2, 0) is 18.6 Å². The van der Waals surface area contributed by atoms with Gasteiger partial charge in [0.2, 0.25) is 0 Å². The van der Waals surface area contributed by atoms with E-state index in [0.717, 1.165) is 40.2 Å². The normalized spacial score (nSPS) is 12.2. The van der Waals surface area contributed by atoms with Crippen molar-refractivity contribution in [2.24, 2.45) is 0 Å². The summed E-state index contributed by atoms with van der Waals surface area (Å²) >= 11 is 0. The summed E-state index contributed by atoms with van der Waals surface area (Å²) < 4.78 is 9.78. The summed E-state index contributed by atoms with van der Waals surface area (Å²) in [6, 6.07) is 8.18. The van der Waals surface area contributed by atoms with Gasteiger partial charge in [-0.1, -0.05) is 32.9 Å². The van der Waals surface area contributed by atoms with Gasteiger partial charge in [0.25, 0.3) is 0 Å². The number of hydrogen-bond donors (Lipinski definition) is 1. The standard InChI is InChI=1S/C23H29N5O2/c1-15-16(2)27(11-6-12-29)21-20(15)22-25-19(26-28(22)14-24-21)13-30-18-9-7-17(8-10-18)23(3,4)5/h7-10,14,29H,6,11-13H2,1-5H3. The summed E-state index contributed by atoms with van der Waals surface area (Å²) in [5.41, 5.74) is 5.32. The molecule has 0 atom stereocenters. The van der Waals surface area contributed by atoms with Crippen LogP contribution in [0.15, 0.2) is 30.6 Å². The van der Waals surface area contributed by atoms with E-state index in [4.69, 9.17) is 9.72 Å². The molecule has 0 bridgehead atoms. The Morgan fingerprint density at radius 1 is 1.07 bits per heavy atom. The van der Waals surface area contributed by atoms with Gasteiger partial charge in [-0.25, -0.2) is 14.5 Å². The second-order valence-corrected chi connectivity index (χ2v) is 8.74. The highest BCUT2D eigenvalue weighted by Crippen LogP contribution is 2.27. The van der Waals surface area contributed by atoms with Crippen LogP contribution in [0.5, 0.6) is 5.75 Å². The zero-order chi connectivity index (χ0) is 21.5. The van der Waals surface area contributed by atoms with E-state index in [-0.39, 0.29) is 12.0 Å². The van der Waals surface area contributed by atoms with Crippen LogP contribution in [0.3, 0.4) is 0 Å². The van der Waals surface area contributed by atoms with E-state index in [2.05, 4.69) is 61.4 Å². The summed E-state index contributed by atoms with van der Waals surface area (Å²) in [6.45, 7) is 11.9. The van der Waals surface area contributed by atoms with Gasteiger partial charge in [0.15, 0.2) is 11.5 Å². The number of nitrogens with zero attached hydrogens (tertiary/aromatic N) is 5. The molecule has 3 heterocycles. The van der Waals surface area contributed by atoms with Gasteiger partial charge in [0.1, 0.15) is 24.3 Å². The molecule has 0 amide bonds. The summed E-state index contributed by atoms with van der Waals surface area (Å²) in [6.07, 6.45) is 2.39. The fraction of sp³-hybridized carbons (Fsp3) is 0.435. The SMILES string of the molecule is Cc1c(C)n(CCCO)c2ncn3nc(COc4ccc(C(C)(C)C)cc4)nc3c12. The van der Waals surface area contributed by atoms with Gasteiger partial charge in [-0.2, -0.15) is 0 Å². The van der Waals surface area contributed by atoms with Crippen molar-refractivity contribution in [3.05, 3.63) is 53.2 Å². The number of aromatic nitrogens is 5.